The van der Waals surface area contributed by atoms with Crippen LogP contribution < -0.4 is 4.74 Å². The molecule has 0 atom stereocenters. The van der Waals surface area contributed by atoms with Crippen LogP contribution in [0.2, 0.25) is 0 Å². The minimum Gasteiger partial charge on any atom is -0.492 e. The van der Waals surface area contributed by atoms with Gasteiger partial charge in [-0.25, -0.2) is 9.79 Å². The molecule has 3 aromatic rings. The van der Waals surface area contributed by atoms with Gasteiger partial charge in [-0.05, 0) is 59.5 Å². The Labute approximate surface area is 221 Å². The van der Waals surface area contributed by atoms with E-state index < -0.39 is 0 Å². The second kappa shape index (κ2) is 11.6. The lowest BCUT2D eigenvalue weighted by molar-refractivity contribution is 0.0526. The van der Waals surface area contributed by atoms with Crippen molar-refractivity contribution in [1.82, 2.24) is 4.90 Å². The number of hydrogen-bond acceptors (Lipinski definition) is 6. The van der Waals surface area contributed by atoms with Crippen molar-refractivity contribution in [2.24, 2.45) is 4.99 Å². The highest BCUT2D eigenvalue weighted by atomic mass is 79.9. The molecule has 2 heterocycles. The molecule has 178 valence electrons. The predicted molar refractivity (Wildman–Crippen MR) is 145 cm³/mol. The van der Waals surface area contributed by atoms with Gasteiger partial charge in [0.2, 0.25) is 0 Å². The van der Waals surface area contributed by atoms with Gasteiger partial charge in [0.15, 0.2) is 0 Å². The van der Waals surface area contributed by atoms with E-state index in [9.17, 15) is 4.79 Å². The molecule has 0 amide bonds. The van der Waals surface area contributed by atoms with E-state index >= 15 is 0 Å². The van der Waals surface area contributed by atoms with Crippen molar-refractivity contribution in [3.8, 4) is 5.75 Å². The lowest BCUT2D eigenvalue weighted by Crippen LogP contribution is -2.29. The van der Waals surface area contributed by atoms with E-state index in [0.29, 0.717) is 23.8 Å². The Morgan fingerprint density at radius 2 is 1.97 bits per heavy atom. The van der Waals surface area contributed by atoms with Crippen LogP contribution in [0.5, 0.6) is 5.75 Å². The van der Waals surface area contributed by atoms with Gasteiger partial charge in [-0.2, -0.15) is 0 Å². The van der Waals surface area contributed by atoms with Crippen molar-refractivity contribution in [1.29, 1.82) is 0 Å². The molecule has 0 unspecified atom stereocenters. The van der Waals surface area contributed by atoms with Gasteiger partial charge in [0.05, 0.1) is 23.2 Å². The molecular weight excluding hydrogens is 580 g/mol. The fraction of sp³-hybridized carbons (Fsp3) is 0.308. The number of esters is 1. The summed E-state index contributed by atoms with van der Waals surface area (Å²) >= 11 is 8.68. The van der Waals surface area contributed by atoms with Gasteiger partial charge in [0.25, 0.3) is 0 Å². The fourth-order valence-corrected chi connectivity index (χ4v) is 6.62. The third-order valence-electron chi connectivity index (χ3n) is 5.49. The maximum absolute atomic E-state index is 12.9. The van der Waals surface area contributed by atoms with Crippen LogP contribution in [0, 0.1) is 0 Å². The monoisotopic (exact) mass is 604 g/mol. The zero-order valence-corrected chi connectivity index (χ0v) is 23.1. The lowest BCUT2D eigenvalue weighted by atomic mass is 10.0. The summed E-state index contributed by atoms with van der Waals surface area (Å²) in [6, 6.07) is 14.4. The summed E-state index contributed by atoms with van der Waals surface area (Å²) < 4.78 is 13.0. The lowest BCUT2D eigenvalue weighted by Gasteiger charge is -2.27. The summed E-state index contributed by atoms with van der Waals surface area (Å²) in [6.45, 7) is 7.22. The summed E-state index contributed by atoms with van der Waals surface area (Å²) in [4.78, 5) is 21.3. The van der Waals surface area contributed by atoms with Crippen molar-refractivity contribution < 1.29 is 14.3 Å². The Kier molecular flexibility index (Phi) is 8.58. The molecule has 0 saturated heterocycles. The Bertz CT molecular complexity index is 1190. The molecule has 1 aliphatic rings. The Balaban J connectivity index is 1.66. The van der Waals surface area contributed by atoms with Crippen LogP contribution in [0.4, 0.5) is 5.00 Å². The number of ether oxygens (including phenoxy) is 2. The SMILES string of the molecule is CCOC(=O)c1c(N=Cc2cc(Br)cc(Br)c2OCC)sc2c1CCN(Cc1ccccc1)C2. The molecule has 1 aliphatic heterocycles. The Hall–Kier alpha value is -2.00. The maximum Gasteiger partial charge on any atom is 0.341 e. The second-order valence-electron chi connectivity index (χ2n) is 7.85. The van der Waals surface area contributed by atoms with Gasteiger partial charge in [0.1, 0.15) is 10.8 Å². The molecule has 0 saturated carbocycles. The summed E-state index contributed by atoms with van der Waals surface area (Å²) in [5.74, 6) is 0.423. The Morgan fingerprint density at radius 3 is 2.71 bits per heavy atom. The van der Waals surface area contributed by atoms with Crippen molar-refractivity contribution in [3.05, 3.63) is 78.5 Å². The van der Waals surface area contributed by atoms with E-state index in [1.807, 2.05) is 32.0 Å². The average molecular weight is 606 g/mol. The molecule has 0 fully saturated rings. The van der Waals surface area contributed by atoms with Crippen molar-refractivity contribution in [2.75, 3.05) is 19.8 Å². The molecule has 1 aromatic heterocycles. The number of nitrogens with zero attached hydrogens (tertiary/aromatic N) is 2. The predicted octanol–water partition coefficient (Wildman–Crippen LogP) is 7.16. The van der Waals surface area contributed by atoms with E-state index in [4.69, 9.17) is 14.5 Å². The molecule has 0 N–H and O–H groups in total. The van der Waals surface area contributed by atoms with Crippen LogP contribution >= 0.6 is 43.2 Å². The molecule has 0 aliphatic carbocycles. The van der Waals surface area contributed by atoms with Gasteiger partial charge >= 0.3 is 5.97 Å². The number of thiophene rings is 1. The number of fused-ring (bicyclic) bond motifs is 1. The van der Waals surface area contributed by atoms with Crippen LogP contribution in [0.1, 0.15) is 45.8 Å². The molecule has 0 radical (unpaired) electrons. The first-order valence-corrected chi connectivity index (χ1v) is 13.6. The highest BCUT2D eigenvalue weighted by Gasteiger charge is 2.28. The van der Waals surface area contributed by atoms with Crippen LogP contribution in [0.15, 0.2) is 56.4 Å². The standard InChI is InChI=1S/C26H26Br2N2O3S/c1-3-32-24-18(12-19(27)13-21(24)28)14-29-25-23(26(31)33-4-2)20-10-11-30(16-22(20)34-25)15-17-8-6-5-7-9-17/h5-9,12-14H,3-4,10-11,15-16H2,1-2H3. The number of halogens is 2. The van der Waals surface area contributed by atoms with Gasteiger partial charge in [-0.1, -0.05) is 46.3 Å². The molecule has 0 spiro atoms. The molecule has 5 nitrogen and oxygen atoms in total. The second-order valence-corrected chi connectivity index (χ2v) is 10.7. The quantitative estimate of drug-likeness (QED) is 0.202. The molecule has 0 bridgehead atoms. The number of aliphatic imine (C=N–C) groups is 1. The molecular formula is C26H26Br2N2O3S. The summed E-state index contributed by atoms with van der Waals surface area (Å²) in [5, 5.41) is 0.684. The van der Waals surface area contributed by atoms with Crippen molar-refractivity contribution in [3.63, 3.8) is 0 Å². The minimum atomic E-state index is -0.302. The van der Waals surface area contributed by atoms with E-state index in [-0.39, 0.29) is 5.97 Å². The van der Waals surface area contributed by atoms with E-state index in [1.54, 1.807) is 17.6 Å². The van der Waals surface area contributed by atoms with Crippen LogP contribution in [0.25, 0.3) is 0 Å². The maximum atomic E-state index is 12.9. The average Bonchev–Trinajstić information content (AvgIpc) is 3.18. The van der Waals surface area contributed by atoms with Gasteiger partial charge in [0, 0.05) is 40.8 Å². The zero-order valence-electron chi connectivity index (χ0n) is 19.1. The van der Waals surface area contributed by atoms with E-state index in [2.05, 4.69) is 61.0 Å². The first-order valence-electron chi connectivity index (χ1n) is 11.2. The van der Waals surface area contributed by atoms with Crippen molar-refractivity contribution in [2.45, 2.75) is 33.4 Å². The number of rotatable bonds is 8. The summed E-state index contributed by atoms with van der Waals surface area (Å²) in [7, 11) is 0. The first kappa shape index (κ1) is 25.1. The normalized spacial score (nSPS) is 13.8. The highest BCUT2D eigenvalue weighted by Crippen LogP contribution is 2.40. The van der Waals surface area contributed by atoms with Crippen LogP contribution in [0.3, 0.4) is 0 Å². The number of carbonyl (C=O) groups is 1. The Morgan fingerprint density at radius 1 is 1.18 bits per heavy atom. The topological polar surface area (TPSA) is 51.1 Å². The van der Waals surface area contributed by atoms with E-state index in [0.717, 1.165) is 51.9 Å². The van der Waals surface area contributed by atoms with Crippen molar-refractivity contribution >= 4 is 60.4 Å². The number of benzene rings is 2. The van der Waals surface area contributed by atoms with Gasteiger partial charge < -0.3 is 9.47 Å². The first-order chi connectivity index (χ1) is 16.5. The third-order valence-corrected chi connectivity index (χ3v) is 7.66. The third kappa shape index (κ3) is 5.79. The number of hydrogen-bond donors (Lipinski definition) is 0. The van der Waals surface area contributed by atoms with Crippen LogP contribution in [-0.2, 0) is 24.2 Å². The number of carbonyl (C=O) groups excluding carboxylic acids is 1. The molecule has 2 aromatic carbocycles. The molecule has 34 heavy (non-hydrogen) atoms. The summed E-state index contributed by atoms with van der Waals surface area (Å²) in [6.07, 6.45) is 2.57. The van der Waals surface area contributed by atoms with Gasteiger partial charge in [-0.3, -0.25) is 4.90 Å². The minimum absolute atomic E-state index is 0.302. The van der Waals surface area contributed by atoms with Crippen LogP contribution in [-0.4, -0.2) is 36.8 Å². The zero-order chi connectivity index (χ0) is 24.1. The largest absolute Gasteiger partial charge is 0.492 e. The van der Waals surface area contributed by atoms with E-state index in [1.165, 1.54) is 10.4 Å². The molecule has 8 heteroatoms. The smallest absolute Gasteiger partial charge is 0.341 e. The van der Waals surface area contributed by atoms with Gasteiger partial charge in [-0.15, -0.1) is 11.3 Å². The fourth-order valence-electron chi connectivity index (χ4n) is 4.02. The highest BCUT2D eigenvalue weighted by molar-refractivity contribution is 9.11. The molecule has 4 rings (SSSR count). The summed E-state index contributed by atoms with van der Waals surface area (Å²) in [5.41, 5.74) is 3.79.